The Hall–Kier alpha value is -4.28. The minimum absolute atomic E-state index is 0.195. The number of methoxy groups -OCH3 is 4. The average Bonchev–Trinajstić information content (AvgIpc) is 3.18. The Labute approximate surface area is 233 Å². The summed E-state index contributed by atoms with van der Waals surface area (Å²) in [5, 5.41) is 8.72. The summed E-state index contributed by atoms with van der Waals surface area (Å²) < 4.78 is 21.6. The van der Waals surface area contributed by atoms with Crippen LogP contribution in [0.1, 0.15) is 50.3 Å². The third-order valence-electron chi connectivity index (χ3n) is 6.77. The van der Waals surface area contributed by atoms with Crippen molar-refractivity contribution in [1.29, 1.82) is 0 Å². The van der Waals surface area contributed by atoms with Gasteiger partial charge in [-0.05, 0) is 61.1 Å². The number of hydrogen-bond acceptors (Lipinski definition) is 9. The summed E-state index contributed by atoms with van der Waals surface area (Å²) >= 11 is 0. The van der Waals surface area contributed by atoms with Gasteiger partial charge in [-0.15, -0.1) is 0 Å². The van der Waals surface area contributed by atoms with Gasteiger partial charge >= 0.3 is 5.97 Å². The second-order valence-electron chi connectivity index (χ2n) is 9.43. The molecule has 40 heavy (non-hydrogen) atoms. The number of rotatable bonds is 11. The Morgan fingerprint density at radius 2 is 1.75 bits per heavy atom. The van der Waals surface area contributed by atoms with Gasteiger partial charge in [-0.3, -0.25) is 19.2 Å². The number of fused-ring (bicyclic) bond motifs is 3. The van der Waals surface area contributed by atoms with Crippen LogP contribution in [-0.2, 0) is 25.5 Å². The first-order valence-electron chi connectivity index (χ1n) is 13.0. The number of aryl methyl sites for hydroxylation is 1. The van der Waals surface area contributed by atoms with Crippen molar-refractivity contribution in [2.45, 2.75) is 51.6 Å². The standard InChI is InChI=1S/C29H37N3O8/c1-16(29(36)30-13-7-8-25(35)38-4)31-22-12-10-19-20(15-23(22)34)21(32-17(2)33)11-9-18-14-24(37-3)27(39-5)28(40-6)26(18)19/h10,12,14-16,21H,7-9,11,13H2,1-6H3,(H,30,36)(H,31,34)(H,32,33)/t16-,21-/m1/s1. The van der Waals surface area contributed by atoms with Crippen molar-refractivity contribution in [3.63, 3.8) is 0 Å². The normalized spacial score (nSPS) is 14.4. The molecule has 0 saturated heterocycles. The van der Waals surface area contributed by atoms with Gasteiger partial charge in [0.15, 0.2) is 11.5 Å². The number of carbonyl (C=O) groups excluding carboxylic acids is 3. The van der Waals surface area contributed by atoms with Gasteiger partial charge in [-0.25, -0.2) is 0 Å². The first-order valence-corrected chi connectivity index (χ1v) is 13.0. The Morgan fingerprint density at radius 1 is 1.02 bits per heavy atom. The van der Waals surface area contributed by atoms with E-state index in [1.807, 2.05) is 6.07 Å². The molecule has 0 spiro atoms. The molecule has 0 unspecified atom stereocenters. The quantitative estimate of drug-likeness (QED) is 0.282. The molecular weight excluding hydrogens is 518 g/mol. The summed E-state index contributed by atoms with van der Waals surface area (Å²) in [6.45, 7) is 3.37. The maximum Gasteiger partial charge on any atom is 0.305 e. The zero-order valence-corrected chi connectivity index (χ0v) is 23.8. The zero-order valence-electron chi connectivity index (χ0n) is 23.8. The second-order valence-corrected chi connectivity index (χ2v) is 9.43. The van der Waals surface area contributed by atoms with Crippen LogP contribution in [0.25, 0.3) is 11.1 Å². The molecular formula is C29H37N3O8. The fourth-order valence-corrected chi connectivity index (χ4v) is 4.83. The highest BCUT2D eigenvalue weighted by Gasteiger charge is 2.29. The van der Waals surface area contributed by atoms with Crippen molar-refractivity contribution in [2.24, 2.45) is 0 Å². The van der Waals surface area contributed by atoms with Gasteiger partial charge in [0.25, 0.3) is 0 Å². The SMILES string of the molecule is COC(=O)CCCNC(=O)[C@@H](C)Nc1ccc2c(cc1=O)[C@H](NC(C)=O)CCc1cc(OC)c(OC)c(OC)c1-2. The van der Waals surface area contributed by atoms with Crippen molar-refractivity contribution >= 4 is 23.5 Å². The topological polar surface area (TPSA) is 141 Å². The van der Waals surface area contributed by atoms with Crippen LogP contribution in [0.3, 0.4) is 0 Å². The Balaban J connectivity index is 2.04. The predicted molar refractivity (Wildman–Crippen MR) is 150 cm³/mol. The molecule has 2 atom stereocenters. The van der Waals surface area contributed by atoms with Crippen LogP contribution in [0.5, 0.6) is 17.2 Å². The van der Waals surface area contributed by atoms with Gasteiger partial charge in [0.2, 0.25) is 23.0 Å². The van der Waals surface area contributed by atoms with Crippen LogP contribution in [0, 0.1) is 0 Å². The molecule has 2 aromatic carbocycles. The fraction of sp³-hybridized carbons (Fsp3) is 0.448. The molecule has 2 amide bonds. The number of amides is 2. The smallest absolute Gasteiger partial charge is 0.305 e. The number of carbonyl (C=O) groups is 3. The average molecular weight is 556 g/mol. The van der Waals surface area contributed by atoms with Crippen LogP contribution in [-0.4, -0.2) is 58.8 Å². The summed E-state index contributed by atoms with van der Waals surface area (Å²) in [5.74, 6) is 0.485. The van der Waals surface area contributed by atoms with E-state index in [1.165, 1.54) is 34.3 Å². The van der Waals surface area contributed by atoms with Crippen LogP contribution < -0.4 is 35.6 Å². The molecule has 0 aliphatic heterocycles. The fourth-order valence-electron chi connectivity index (χ4n) is 4.83. The number of ether oxygens (including phenoxy) is 4. The second kappa shape index (κ2) is 13.7. The predicted octanol–water partition coefficient (Wildman–Crippen LogP) is 2.73. The molecule has 0 saturated carbocycles. The molecule has 3 rings (SSSR count). The van der Waals surface area contributed by atoms with E-state index in [0.29, 0.717) is 54.2 Å². The molecule has 216 valence electrons. The maximum absolute atomic E-state index is 13.4. The number of benzene rings is 1. The summed E-state index contributed by atoms with van der Waals surface area (Å²) in [7, 11) is 5.92. The third-order valence-corrected chi connectivity index (χ3v) is 6.77. The summed E-state index contributed by atoms with van der Waals surface area (Å²) in [6, 6.07) is 5.61. The lowest BCUT2D eigenvalue weighted by Crippen LogP contribution is -2.39. The van der Waals surface area contributed by atoms with E-state index in [9.17, 15) is 19.2 Å². The molecule has 0 bridgehead atoms. The van der Waals surface area contributed by atoms with Crippen LogP contribution in [0.2, 0.25) is 0 Å². The monoisotopic (exact) mass is 555 g/mol. The van der Waals surface area contributed by atoms with Crippen molar-refractivity contribution in [3.8, 4) is 28.4 Å². The lowest BCUT2D eigenvalue weighted by molar-refractivity contribution is -0.140. The van der Waals surface area contributed by atoms with Crippen LogP contribution in [0.4, 0.5) is 5.69 Å². The first kappa shape index (κ1) is 30.3. The minimum Gasteiger partial charge on any atom is -0.493 e. The van der Waals surface area contributed by atoms with Gasteiger partial charge < -0.3 is 34.9 Å². The Morgan fingerprint density at radius 3 is 2.38 bits per heavy atom. The number of anilines is 1. The molecule has 0 aromatic heterocycles. The van der Waals surface area contributed by atoms with Gasteiger partial charge in [0.1, 0.15) is 6.04 Å². The summed E-state index contributed by atoms with van der Waals surface area (Å²) in [4.78, 5) is 49.4. The maximum atomic E-state index is 13.4. The van der Waals surface area contributed by atoms with Gasteiger partial charge in [0.05, 0.1) is 40.2 Å². The molecule has 1 aliphatic carbocycles. The van der Waals surface area contributed by atoms with E-state index < -0.39 is 12.1 Å². The van der Waals surface area contributed by atoms with Gasteiger partial charge in [-0.2, -0.15) is 0 Å². The number of hydrogen-bond donors (Lipinski definition) is 3. The first-order chi connectivity index (χ1) is 19.1. The largest absolute Gasteiger partial charge is 0.493 e. The molecule has 1 aliphatic rings. The van der Waals surface area contributed by atoms with E-state index in [4.69, 9.17) is 14.2 Å². The van der Waals surface area contributed by atoms with Crippen LogP contribution in [0.15, 0.2) is 29.1 Å². The van der Waals surface area contributed by atoms with Gasteiger partial charge in [-0.1, -0.05) is 6.07 Å². The summed E-state index contributed by atoms with van der Waals surface area (Å²) in [6.07, 6.45) is 1.75. The lowest BCUT2D eigenvalue weighted by atomic mass is 9.95. The lowest BCUT2D eigenvalue weighted by Gasteiger charge is -2.19. The molecule has 11 nitrogen and oxygen atoms in total. The van der Waals surface area contributed by atoms with E-state index in [2.05, 4.69) is 20.7 Å². The molecule has 2 aromatic rings. The highest BCUT2D eigenvalue weighted by atomic mass is 16.5. The van der Waals surface area contributed by atoms with Crippen molar-refractivity contribution in [3.05, 3.63) is 45.6 Å². The van der Waals surface area contributed by atoms with Crippen molar-refractivity contribution in [2.75, 3.05) is 40.3 Å². The molecule has 0 fully saturated rings. The van der Waals surface area contributed by atoms with E-state index in [-0.39, 0.29) is 35.3 Å². The minimum atomic E-state index is -0.731. The Kier molecular flexibility index (Phi) is 10.4. The number of nitrogens with one attached hydrogen (secondary N) is 3. The van der Waals surface area contributed by atoms with E-state index in [0.717, 1.165) is 11.1 Å². The van der Waals surface area contributed by atoms with Crippen LogP contribution >= 0.6 is 0 Å². The van der Waals surface area contributed by atoms with E-state index in [1.54, 1.807) is 26.2 Å². The third kappa shape index (κ3) is 6.83. The molecule has 0 heterocycles. The highest BCUT2D eigenvalue weighted by molar-refractivity contribution is 5.85. The molecule has 3 N–H and O–H groups in total. The number of esters is 1. The zero-order chi connectivity index (χ0) is 29.4. The van der Waals surface area contributed by atoms with Crippen molar-refractivity contribution in [1.82, 2.24) is 10.6 Å². The molecule has 0 radical (unpaired) electrons. The van der Waals surface area contributed by atoms with Gasteiger partial charge in [0, 0.05) is 25.5 Å². The van der Waals surface area contributed by atoms with E-state index >= 15 is 0 Å². The van der Waals surface area contributed by atoms with Crippen molar-refractivity contribution < 1.29 is 33.3 Å². The molecule has 11 heteroatoms. The summed E-state index contributed by atoms with van der Waals surface area (Å²) in [5.41, 5.74) is 2.83. The Bertz CT molecular complexity index is 1330. The highest BCUT2D eigenvalue weighted by Crippen LogP contribution is 2.50.